The van der Waals surface area contributed by atoms with Crippen LogP contribution in [-0.4, -0.2) is 12.7 Å². The van der Waals surface area contributed by atoms with Gasteiger partial charge in [0.15, 0.2) is 0 Å². The monoisotopic (exact) mass is 1370 g/mol. The second-order valence-electron chi connectivity index (χ2n) is 25.8. The van der Waals surface area contributed by atoms with Gasteiger partial charge in [0.1, 0.15) is 28.1 Å². The van der Waals surface area contributed by atoms with E-state index in [1.165, 1.54) is 93.0 Å². The summed E-state index contributed by atoms with van der Waals surface area (Å²) in [5.74, 6) is 0.667. The van der Waals surface area contributed by atoms with Gasteiger partial charge in [0.25, 0.3) is 0 Å². The quantitative estimate of drug-likeness (QED) is 0.116. The molecule has 1 radical (unpaired) electrons. The van der Waals surface area contributed by atoms with Crippen molar-refractivity contribution in [2.75, 3.05) is 0 Å². The Hall–Kier alpha value is -12.6. The Morgan fingerprint density at radius 2 is 0.559 bits per heavy atom. The van der Waals surface area contributed by atoms with Gasteiger partial charge in [0.05, 0.1) is 0 Å². The fraction of sp³-hybridized carbons (Fsp3) is 0. The van der Waals surface area contributed by atoms with E-state index in [0.717, 1.165) is 106 Å². The molecule has 0 fully saturated rings. The molecule has 18 aromatic carbocycles. The highest BCUT2D eigenvalue weighted by Crippen LogP contribution is 2.47. The Labute approximate surface area is 598 Å². The first kappa shape index (κ1) is 61.7. The molecule has 0 bridgehead atoms. The van der Waals surface area contributed by atoms with Crippen LogP contribution in [0.5, 0.6) is 5.75 Å². The van der Waals surface area contributed by atoms with Crippen LogP contribution in [0.25, 0.3) is 186 Å². The third-order valence-electron chi connectivity index (χ3n) is 19.9. The fourth-order valence-electron chi connectivity index (χ4n) is 15.2. The highest BCUT2D eigenvalue weighted by atomic mass is 79.9. The minimum Gasteiger partial charge on any atom is -0.537 e. The van der Waals surface area contributed by atoms with Gasteiger partial charge in [-0.2, -0.15) is 0 Å². The maximum Gasteiger partial charge on any atom is 0.569 e. The fourth-order valence-corrected chi connectivity index (χ4v) is 15.6. The van der Waals surface area contributed by atoms with Gasteiger partial charge >= 0.3 is 7.69 Å². The van der Waals surface area contributed by atoms with E-state index in [1.807, 2.05) is 78.9 Å². The lowest BCUT2D eigenvalue weighted by Crippen LogP contribution is -2.01. The highest BCUT2D eigenvalue weighted by Gasteiger charge is 2.21. The summed E-state index contributed by atoms with van der Waals surface area (Å²) in [5.41, 5.74) is 20.3. The molecule has 20 aromatic rings. The largest absolute Gasteiger partial charge is 0.569 e. The Morgan fingerprint density at radius 1 is 0.235 bits per heavy atom. The summed E-state index contributed by atoms with van der Waals surface area (Å²) in [6.07, 6.45) is 0. The Bertz CT molecular complexity index is 6490. The molecular formula is C96H61BBrO4. The summed E-state index contributed by atoms with van der Waals surface area (Å²) >= 11 is 3.53. The van der Waals surface area contributed by atoms with Gasteiger partial charge in [-0.3, -0.25) is 0 Å². The van der Waals surface area contributed by atoms with E-state index in [-0.39, 0.29) is 0 Å². The Balaban J connectivity index is 0.000000121. The average Bonchev–Trinajstić information content (AvgIpc) is 0.996. The molecule has 0 spiro atoms. The molecule has 2 heterocycles. The van der Waals surface area contributed by atoms with Crippen molar-refractivity contribution in [2.24, 2.45) is 0 Å². The van der Waals surface area contributed by atoms with Crippen molar-refractivity contribution in [3.8, 4) is 83.6 Å². The number of fused-ring (bicyclic) bond motifs is 12. The third-order valence-corrected chi connectivity index (χ3v) is 20.4. The van der Waals surface area contributed by atoms with Crippen LogP contribution in [0.2, 0.25) is 0 Å². The van der Waals surface area contributed by atoms with E-state index in [2.05, 4.69) is 301 Å². The van der Waals surface area contributed by atoms with Crippen molar-refractivity contribution < 1.29 is 18.5 Å². The predicted octanol–water partition coefficient (Wildman–Crippen LogP) is 27.1. The smallest absolute Gasteiger partial charge is 0.537 e. The van der Waals surface area contributed by atoms with Gasteiger partial charge in [-0.1, -0.05) is 337 Å². The molecular weight excluding hydrogens is 1310 g/mol. The van der Waals surface area contributed by atoms with Crippen molar-refractivity contribution >= 4 is 132 Å². The van der Waals surface area contributed by atoms with Crippen molar-refractivity contribution in [3.63, 3.8) is 0 Å². The number of para-hydroxylation sites is 4. The molecule has 102 heavy (non-hydrogen) atoms. The van der Waals surface area contributed by atoms with Gasteiger partial charge in [0.2, 0.25) is 0 Å². The van der Waals surface area contributed by atoms with Crippen LogP contribution in [0.3, 0.4) is 0 Å². The van der Waals surface area contributed by atoms with E-state index in [4.69, 9.17) is 13.5 Å². The standard InChI is InChI=1S/C48H30O.C30H20BO2.C18H11BrO/c1-2-12-34-29-35(28-25-31(34)11-1)32-23-26-33(27-24-32)46-40-16-3-5-18-42(40)47(43-19-6-4-17-41(43)46)37-14-9-13-36(30-37)38-20-10-21-44-39-15-7-8-22-45(39)49-48(38)44;32-31-33-30-27-11-5-3-9-25(27)29(26-10-4-6-12-28(26)30)22-16-13-21(14-17-22)24-18-15-20-7-1-2-8-23(20)19-24;19-13-6-3-5-12(11-13)14-8-4-9-16-15-7-1-2-10-17(15)20-18(14)16/h1-30H;1-19,32H;1-11H. The van der Waals surface area contributed by atoms with E-state index >= 15 is 0 Å². The normalized spacial score (nSPS) is 11.4. The van der Waals surface area contributed by atoms with Gasteiger partial charge < -0.3 is 18.5 Å². The lowest BCUT2D eigenvalue weighted by atomic mass is 9.85. The molecule has 479 valence electrons. The summed E-state index contributed by atoms with van der Waals surface area (Å²) in [6.45, 7) is 0. The van der Waals surface area contributed by atoms with Crippen LogP contribution in [0.4, 0.5) is 0 Å². The molecule has 0 amide bonds. The van der Waals surface area contributed by atoms with Gasteiger partial charge in [-0.25, -0.2) is 0 Å². The Kier molecular flexibility index (Phi) is 16.1. The van der Waals surface area contributed by atoms with E-state index in [0.29, 0.717) is 5.75 Å². The van der Waals surface area contributed by atoms with Crippen LogP contribution in [-0.2, 0) is 0 Å². The lowest BCUT2D eigenvalue weighted by Gasteiger charge is -2.18. The van der Waals surface area contributed by atoms with Crippen molar-refractivity contribution in [2.45, 2.75) is 0 Å². The molecule has 0 atom stereocenters. The maximum atomic E-state index is 9.38. The summed E-state index contributed by atoms with van der Waals surface area (Å²) in [6, 6.07) is 129. The first-order chi connectivity index (χ1) is 50.5. The average molecular weight is 1370 g/mol. The third kappa shape index (κ3) is 11.3. The second kappa shape index (κ2) is 26.6. The first-order valence-electron chi connectivity index (χ1n) is 34.3. The minimum atomic E-state index is 0.667. The zero-order valence-corrected chi connectivity index (χ0v) is 56.9. The molecule has 0 aliphatic rings. The number of hydrogen-bond donors (Lipinski definition) is 1. The first-order valence-corrected chi connectivity index (χ1v) is 35.1. The maximum absolute atomic E-state index is 9.38. The molecule has 0 saturated heterocycles. The number of benzene rings is 18. The molecule has 20 rings (SSSR count). The van der Waals surface area contributed by atoms with Crippen LogP contribution in [0, 0.1) is 0 Å². The molecule has 0 unspecified atom stereocenters. The van der Waals surface area contributed by atoms with E-state index in [1.54, 1.807) is 0 Å². The molecule has 4 nitrogen and oxygen atoms in total. The summed E-state index contributed by atoms with van der Waals surface area (Å²) in [5, 5.41) is 28.1. The highest BCUT2D eigenvalue weighted by molar-refractivity contribution is 9.10. The van der Waals surface area contributed by atoms with E-state index < -0.39 is 0 Å². The second-order valence-corrected chi connectivity index (χ2v) is 26.7. The zero-order valence-electron chi connectivity index (χ0n) is 55.3. The van der Waals surface area contributed by atoms with Crippen molar-refractivity contribution in [1.29, 1.82) is 0 Å². The van der Waals surface area contributed by atoms with Gasteiger partial charge in [-0.15, -0.1) is 0 Å². The van der Waals surface area contributed by atoms with Gasteiger partial charge in [-0.05, 0) is 163 Å². The predicted molar refractivity (Wildman–Crippen MR) is 433 cm³/mol. The van der Waals surface area contributed by atoms with Crippen molar-refractivity contribution in [1.82, 2.24) is 0 Å². The molecule has 1 N–H and O–H groups in total. The minimum absolute atomic E-state index is 0.667. The zero-order chi connectivity index (χ0) is 68.0. The van der Waals surface area contributed by atoms with E-state index in [9.17, 15) is 5.02 Å². The molecule has 0 aliphatic carbocycles. The topological polar surface area (TPSA) is 55.7 Å². The number of halogens is 1. The van der Waals surface area contributed by atoms with Gasteiger partial charge in [0, 0.05) is 47.9 Å². The van der Waals surface area contributed by atoms with Crippen LogP contribution >= 0.6 is 15.9 Å². The Morgan fingerprint density at radius 3 is 1.00 bits per heavy atom. The van der Waals surface area contributed by atoms with Crippen LogP contribution < -0.4 is 4.65 Å². The van der Waals surface area contributed by atoms with Crippen LogP contribution in [0.15, 0.2) is 377 Å². The molecule has 2 aromatic heterocycles. The lowest BCUT2D eigenvalue weighted by molar-refractivity contribution is 0.459. The summed E-state index contributed by atoms with van der Waals surface area (Å²) in [7, 11) is 0.756. The molecule has 0 aliphatic heterocycles. The van der Waals surface area contributed by atoms with Crippen LogP contribution in [0.1, 0.15) is 0 Å². The molecule has 0 saturated carbocycles. The summed E-state index contributed by atoms with van der Waals surface area (Å²) < 4.78 is 19.1. The summed E-state index contributed by atoms with van der Waals surface area (Å²) in [4.78, 5) is 0. The molecule has 6 heteroatoms. The SMILES string of the molecule is Brc1cccc(-c2cccc3c2oc2ccccc23)c1.O[B]Oc1c2ccccc2c(-c2ccc(-c3ccc4ccccc4c3)cc2)c2ccccc12.c1cc(-c2c3ccccc3c(-c3ccc(-c4ccc5ccccc5c4)cc3)c3ccccc23)cc(-c2cccc3c2oc2ccccc23)c1. The number of furan rings is 2. The number of rotatable bonds is 9. The van der Waals surface area contributed by atoms with Crippen molar-refractivity contribution in [3.05, 3.63) is 368 Å². The number of hydrogen-bond acceptors (Lipinski definition) is 4.